The van der Waals surface area contributed by atoms with Crippen molar-refractivity contribution in [1.82, 2.24) is 0 Å². The van der Waals surface area contributed by atoms with Gasteiger partial charge in [0.1, 0.15) is 0 Å². The van der Waals surface area contributed by atoms with E-state index in [1.165, 1.54) is 67.2 Å². The van der Waals surface area contributed by atoms with Crippen LogP contribution in [0.4, 0.5) is 0 Å². The average Bonchev–Trinajstić information content (AvgIpc) is 2.83. The molecule has 0 aliphatic carbocycles. The largest absolute Gasteiger partial charge is 0.0736 e. The molecule has 184 valence electrons. The van der Waals surface area contributed by atoms with E-state index in [2.05, 4.69) is 104 Å². The minimum atomic E-state index is 0.753. The van der Waals surface area contributed by atoms with Crippen LogP contribution in [-0.2, 0) is 6.42 Å². The van der Waals surface area contributed by atoms with Crippen LogP contribution >= 0.6 is 0 Å². The summed E-state index contributed by atoms with van der Waals surface area (Å²) < 4.78 is 0. The van der Waals surface area contributed by atoms with Crippen molar-refractivity contribution in [2.75, 3.05) is 0 Å². The van der Waals surface area contributed by atoms with Crippen LogP contribution in [0.2, 0.25) is 0 Å². The molecule has 0 N–H and O–H groups in total. The van der Waals surface area contributed by atoms with Crippen molar-refractivity contribution < 1.29 is 0 Å². The van der Waals surface area contributed by atoms with Gasteiger partial charge in [-0.1, -0.05) is 113 Å². The summed E-state index contributed by atoms with van der Waals surface area (Å²) in [5, 5.41) is 0. The van der Waals surface area contributed by atoms with Crippen molar-refractivity contribution in [1.29, 1.82) is 0 Å². The monoisotopic (exact) mass is 448 g/mol. The van der Waals surface area contributed by atoms with E-state index in [1.807, 2.05) is 0 Å². The lowest BCUT2D eigenvalue weighted by atomic mass is 9.82. The lowest BCUT2D eigenvalue weighted by Crippen LogP contribution is -2.07. The van der Waals surface area contributed by atoms with Gasteiger partial charge in [0.05, 0.1) is 0 Å². The summed E-state index contributed by atoms with van der Waals surface area (Å²) in [6.45, 7) is 18.5. The van der Waals surface area contributed by atoms with Crippen LogP contribution in [-0.4, -0.2) is 0 Å². The van der Waals surface area contributed by atoms with Crippen LogP contribution < -0.4 is 0 Å². The highest BCUT2D eigenvalue weighted by atomic mass is 14.2. The molecule has 0 aliphatic heterocycles. The first-order valence-corrected chi connectivity index (χ1v) is 13.6. The van der Waals surface area contributed by atoms with Gasteiger partial charge >= 0.3 is 0 Å². The predicted molar refractivity (Wildman–Crippen MR) is 151 cm³/mol. The van der Waals surface area contributed by atoms with Gasteiger partial charge in [-0.2, -0.15) is 0 Å². The van der Waals surface area contributed by atoms with Crippen molar-refractivity contribution in [3.63, 3.8) is 0 Å². The van der Waals surface area contributed by atoms with Gasteiger partial charge in [-0.15, -0.1) is 0 Å². The van der Waals surface area contributed by atoms with E-state index >= 15 is 0 Å². The molecule has 2 unspecified atom stereocenters. The lowest BCUT2D eigenvalue weighted by Gasteiger charge is -2.23. The minimum absolute atomic E-state index is 0.753. The molecule has 0 saturated heterocycles. The van der Waals surface area contributed by atoms with Crippen LogP contribution in [0, 0.1) is 11.8 Å². The maximum absolute atomic E-state index is 2.41. The van der Waals surface area contributed by atoms with E-state index < -0.39 is 0 Å². The first-order chi connectivity index (χ1) is 15.9. The molecule has 0 heteroatoms. The second kappa shape index (κ2) is 16.7. The highest BCUT2D eigenvalue weighted by Crippen LogP contribution is 2.33. The van der Waals surface area contributed by atoms with Gasteiger partial charge in [-0.3, -0.25) is 0 Å². The summed E-state index contributed by atoms with van der Waals surface area (Å²) in [6.07, 6.45) is 18.0. The van der Waals surface area contributed by atoms with Gasteiger partial charge in [0.25, 0.3) is 0 Å². The molecule has 0 amide bonds. The zero-order valence-corrected chi connectivity index (χ0v) is 23.1. The molecule has 1 aromatic rings. The van der Waals surface area contributed by atoms with E-state index in [1.54, 1.807) is 11.1 Å². The van der Waals surface area contributed by atoms with Crippen LogP contribution in [0.1, 0.15) is 112 Å². The molecule has 0 aliphatic rings. The molecule has 0 saturated carbocycles. The van der Waals surface area contributed by atoms with Gasteiger partial charge in [0.15, 0.2) is 0 Å². The molecule has 2 atom stereocenters. The molecular formula is C33H52. The number of hydrogen-bond donors (Lipinski definition) is 0. The summed E-state index contributed by atoms with van der Waals surface area (Å²) in [5.74, 6) is 1.55. The summed E-state index contributed by atoms with van der Waals surface area (Å²) in [7, 11) is 0. The smallest absolute Gasteiger partial charge is 0.0239 e. The van der Waals surface area contributed by atoms with Crippen LogP contribution in [0.3, 0.4) is 0 Å². The fraction of sp³-hybridized carbons (Fsp3) is 0.576. The van der Waals surface area contributed by atoms with E-state index in [4.69, 9.17) is 0 Å². The van der Waals surface area contributed by atoms with E-state index in [0.717, 1.165) is 24.7 Å². The quantitative estimate of drug-likeness (QED) is 0.234. The molecule has 0 radical (unpaired) electrons. The molecule has 0 heterocycles. The number of benzene rings is 1. The zero-order chi connectivity index (χ0) is 24.6. The highest BCUT2D eigenvalue weighted by molar-refractivity contribution is 5.46. The number of rotatable bonds is 15. The molecule has 1 rings (SSSR count). The van der Waals surface area contributed by atoms with Crippen LogP contribution in [0.5, 0.6) is 0 Å². The normalized spacial score (nSPS) is 14.8. The molecule has 0 fully saturated rings. The van der Waals surface area contributed by atoms with Gasteiger partial charge in [-0.25, -0.2) is 0 Å². The van der Waals surface area contributed by atoms with Gasteiger partial charge in [0, 0.05) is 0 Å². The van der Waals surface area contributed by atoms with Crippen molar-refractivity contribution >= 4 is 0 Å². The molecule has 0 aromatic heterocycles. The SMILES string of the molecule is CCC(C)=CC=CC(=C(C)C)C(CC)=C(CCC(C)CC)CC(CC)CCc1ccccc1. The zero-order valence-electron chi connectivity index (χ0n) is 23.1. The Morgan fingerprint density at radius 1 is 0.879 bits per heavy atom. The maximum Gasteiger partial charge on any atom is -0.0239 e. The Labute approximate surface area is 207 Å². The second-order valence-electron chi connectivity index (χ2n) is 10.1. The van der Waals surface area contributed by atoms with E-state index in [0.29, 0.717) is 0 Å². The van der Waals surface area contributed by atoms with Gasteiger partial charge in [-0.05, 0) is 94.3 Å². The Bertz CT molecular complexity index is 781. The first kappa shape index (κ1) is 29.2. The lowest BCUT2D eigenvalue weighted by molar-refractivity contribution is 0.444. The highest BCUT2D eigenvalue weighted by Gasteiger charge is 2.16. The number of hydrogen-bond acceptors (Lipinski definition) is 0. The molecule has 33 heavy (non-hydrogen) atoms. The van der Waals surface area contributed by atoms with Crippen LogP contribution in [0.15, 0.2) is 76.4 Å². The Kier molecular flexibility index (Phi) is 14.8. The van der Waals surface area contributed by atoms with E-state index in [-0.39, 0.29) is 0 Å². The Hall–Kier alpha value is -1.82. The third-order valence-electron chi connectivity index (χ3n) is 7.28. The fourth-order valence-electron chi connectivity index (χ4n) is 4.44. The number of allylic oxidation sites excluding steroid dienone is 8. The Balaban J connectivity index is 3.24. The standard InChI is InChI=1S/C33H52/c1-9-27(7)17-16-20-33(26(5)6)32(12-4)31(24-21-28(8)10-2)25-29(11-3)22-23-30-18-14-13-15-19-30/h13-20,28-29H,9-12,21-25H2,1-8H3. The van der Waals surface area contributed by atoms with Gasteiger partial charge < -0.3 is 0 Å². The first-order valence-electron chi connectivity index (χ1n) is 13.6. The second-order valence-corrected chi connectivity index (χ2v) is 10.1. The maximum atomic E-state index is 2.41. The molecule has 1 aromatic carbocycles. The number of aryl methyl sites for hydroxylation is 1. The van der Waals surface area contributed by atoms with Crippen molar-refractivity contribution in [3.05, 3.63) is 82.0 Å². The third kappa shape index (κ3) is 11.2. The average molecular weight is 449 g/mol. The van der Waals surface area contributed by atoms with Crippen molar-refractivity contribution in [2.45, 2.75) is 113 Å². The summed E-state index contributed by atoms with van der Waals surface area (Å²) in [4.78, 5) is 0. The van der Waals surface area contributed by atoms with E-state index in [9.17, 15) is 0 Å². The van der Waals surface area contributed by atoms with Crippen molar-refractivity contribution in [2.24, 2.45) is 11.8 Å². The third-order valence-corrected chi connectivity index (χ3v) is 7.28. The summed E-state index contributed by atoms with van der Waals surface area (Å²) >= 11 is 0. The van der Waals surface area contributed by atoms with Crippen molar-refractivity contribution in [3.8, 4) is 0 Å². The molecule has 0 nitrogen and oxygen atoms in total. The molecule has 0 spiro atoms. The summed E-state index contributed by atoms with van der Waals surface area (Å²) in [5.41, 5.74) is 9.14. The van der Waals surface area contributed by atoms with Crippen LogP contribution in [0.25, 0.3) is 0 Å². The topological polar surface area (TPSA) is 0 Å². The fourth-order valence-corrected chi connectivity index (χ4v) is 4.44. The summed E-state index contributed by atoms with van der Waals surface area (Å²) in [6, 6.07) is 11.0. The molecule has 0 bridgehead atoms. The minimum Gasteiger partial charge on any atom is -0.0736 e. The Morgan fingerprint density at radius 2 is 1.58 bits per heavy atom. The molecular weight excluding hydrogens is 396 g/mol. The van der Waals surface area contributed by atoms with Gasteiger partial charge in [0.2, 0.25) is 0 Å². The Morgan fingerprint density at radius 3 is 2.12 bits per heavy atom. The predicted octanol–water partition coefficient (Wildman–Crippen LogP) is 10.8.